The molecular weight excluding hydrogens is 223 g/mol. The molecule has 0 fully saturated rings. The van der Waals surface area contributed by atoms with Crippen LogP contribution in [0, 0.1) is 0 Å². The molecule has 0 aromatic heterocycles. The second-order valence-electron chi connectivity index (χ2n) is 4.26. The summed E-state index contributed by atoms with van der Waals surface area (Å²) in [5.41, 5.74) is 0.792. The average molecular weight is 240 g/mol. The second-order valence-corrected chi connectivity index (χ2v) is 6.37. The molecule has 0 aliphatic rings. The van der Waals surface area contributed by atoms with Crippen LogP contribution in [0.3, 0.4) is 0 Å². The molecule has 0 radical (unpaired) electrons. The first kappa shape index (κ1) is 13.3. The highest BCUT2D eigenvalue weighted by Gasteiger charge is 2.22. The molecule has 88 valence electrons. The molecule has 0 amide bonds. The Balaban J connectivity index is 2.66. The Kier molecular flexibility index (Phi) is 4.56. The van der Waals surface area contributed by atoms with Crippen molar-refractivity contribution in [3.8, 4) is 0 Å². The van der Waals surface area contributed by atoms with Crippen LogP contribution in [0.5, 0.6) is 0 Å². The molecule has 1 aromatic rings. The highest BCUT2D eigenvalue weighted by atomic mass is 32.2. The Morgan fingerprint density at radius 1 is 1.31 bits per heavy atom. The fraction of sp³-hybridized carbons (Fsp3) is 0.455. The lowest BCUT2D eigenvalue weighted by atomic mass is 9.60. The third-order valence-corrected chi connectivity index (χ3v) is 4.38. The molecule has 1 atom stereocenters. The first-order valence-electron chi connectivity index (χ1n) is 5.33. The van der Waals surface area contributed by atoms with Gasteiger partial charge >= 0.3 is 0 Å². The van der Waals surface area contributed by atoms with E-state index in [-0.39, 0.29) is 17.3 Å². The van der Waals surface area contributed by atoms with Crippen LogP contribution >= 0.6 is 0 Å². The zero-order valence-electron chi connectivity index (χ0n) is 9.63. The van der Waals surface area contributed by atoms with Gasteiger partial charge in [0.25, 0.3) is 6.92 Å². The molecule has 5 heteroatoms. The van der Waals surface area contributed by atoms with Crippen molar-refractivity contribution in [1.82, 2.24) is 0 Å². The van der Waals surface area contributed by atoms with Crippen LogP contribution in [-0.2, 0) is 15.6 Å². The zero-order chi connectivity index (χ0) is 12.2. The van der Waals surface area contributed by atoms with Gasteiger partial charge in [-0.1, -0.05) is 44.1 Å². The summed E-state index contributed by atoms with van der Waals surface area (Å²) in [5, 5.41) is 9.29. The van der Waals surface area contributed by atoms with Crippen LogP contribution in [0.2, 0.25) is 12.6 Å². The van der Waals surface area contributed by atoms with Gasteiger partial charge in [-0.15, -0.1) is 0 Å². The monoisotopic (exact) mass is 240 g/mol. The van der Waals surface area contributed by atoms with Crippen molar-refractivity contribution in [1.29, 1.82) is 0 Å². The van der Waals surface area contributed by atoms with E-state index >= 15 is 0 Å². The highest BCUT2D eigenvalue weighted by Crippen LogP contribution is 2.14. The minimum atomic E-state index is -3.14. The summed E-state index contributed by atoms with van der Waals surface area (Å²) in [4.78, 5) is 0. The van der Waals surface area contributed by atoms with Gasteiger partial charge in [0.2, 0.25) is 0 Å². The van der Waals surface area contributed by atoms with Crippen molar-refractivity contribution in [2.45, 2.75) is 25.3 Å². The summed E-state index contributed by atoms with van der Waals surface area (Å²) < 4.78 is 23.6. The summed E-state index contributed by atoms with van der Waals surface area (Å²) in [7, 11) is -3.14. The maximum absolute atomic E-state index is 11.8. The Bertz CT molecular complexity index is 414. The van der Waals surface area contributed by atoms with Crippen molar-refractivity contribution in [2.24, 2.45) is 0 Å². The van der Waals surface area contributed by atoms with Gasteiger partial charge in [0.1, 0.15) is 0 Å². The molecule has 0 spiro atoms. The number of hydrogen-bond donors (Lipinski definition) is 1. The summed E-state index contributed by atoms with van der Waals surface area (Å²) in [6.45, 7) is 2.76. The third-order valence-electron chi connectivity index (χ3n) is 2.57. The van der Waals surface area contributed by atoms with Gasteiger partial charge < -0.3 is 5.02 Å². The first-order valence-corrected chi connectivity index (χ1v) is 7.15. The lowest BCUT2D eigenvalue weighted by Gasteiger charge is -2.11. The molecule has 1 aromatic carbocycles. The lowest BCUT2D eigenvalue weighted by molar-refractivity contribution is 0.555. The van der Waals surface area contributed by atoms with Gasteiger partial charge in [0.05, 0.1) is 5.75 Å². The van der Waals surface area contributed by atoms with E-state index in [2.05, 4.69) is 0 Å². The Labute approximate surface area is 97.5 Å². The molecule has 1 N–H and O–H groups in total. The SMILES string of the molecule is CB(O)[C@H](C)CS(=O)(=O)Cc1ccccc1. The van der Waals surface area contributed by atoms with Gasteiger partial charge in [-0.25, -0.2) is 8.42 Å². The quantitative estimate of drug-likeness (QED) is 0.795. The topological polar surface area (TPSA) is 54.4 Å². The van der Waals surface area contributed by atoms with E-state index in [1.54, 1.807) is 25.9 Å². The van der Waals surface area contributed by atoms with E-state index in [1.807, 2.05) is 18.2 Å². The lowest BCUT2D eigenvalue weighted by Crippen LogP contribution is -2.22. The van der Waals surface area contributed by atoms with Crippen molar-refractivity contribution in [3.05, 3.63) is 35.9 Å². The molecule has 0 aliphatic heterocycles. The minimum Gasteiger partial charge on any atom is -0.450 e. The minimum absolute atomic E-state index is 0.0273. The molecule has 1 rings (SSSR count). The third kappa shape index (κ3) is 4.37. The standard InChI is InChI=1S/C11H17BO3S/c1-10(12(2)13)8-16(14,15)9-11-6-4-3-5-7-11/h3-7,10,13H,8-9H2,1-2H3/t10-/m1/s1. The Morgan fingerprint density at radius 3 is 2.38 bits per heavy atom. The van der Waals surface area contributed by atoms with Crippen molar-refractivity contribution >= 4 is 16.8 Å². The predicted octanol–water partition coefficient (Wildman–Crippen LogP) is 1.61. The van der Waals surface area contributed by atoms with Gasteiger partial charge in [-0.05, 0) is 11.4 Å². The van der Waals surface area contributed by atoms with E-state index in [0.717, 1.165) is 5.56 Å². The van der Waals surface area contributed by atoms with E-state index in [9.17, 15) is 13.4 Å². The average Bonchev–Trinajstić information content (AvgIpc) is 2.17. The molecule has 0 saturated carbocycles. The summed E-state index contributed by atoms with van der Waals surface area (Å²) in [5.74, 6) is -0.154. The van der Waals surface area contributed by atoms with Crippen LogP contribution in [0.1, 0.15) is 12.5 Å². The van der Waals surface area contributed by atoms with Crippen LogP contribution in [-0.4, -0.2) is 26.1 Å². The van der Waals surface area contributed by atoms with Gasteiger partial charge in [0, 0.05) is 5.75 Å². The molecular formula is C11H17BO3S. The Morgan fingerprint density at radius 2 is 1.88 bits per heavy atom. The zero-order valence-corrected chi connectivity index (χ0v) is 10.4. The predicted molar refractivity (Wildman–Crippen MR) is 67.2 cm³/mol. The van der Waals surface area contributed by atoms with Crippen molar-refractivity contribution in [3.63, 3.8) is 0 Å². The molecule has 0 heterocycles. The fourth-order valence-corrected chi connectivity index (χ4v) is 3.32. The fourth-order valence-electron chi connectivity index (χ4n) is 1.43. The van der Waals surface area contributed by atoms with E-state index in [4.69, 9.17) is 0 Å². The summed E-state index contributed by atoms with van der Waals surface area (Å²) >= 11 is 0. The molecule has 16 heavy (non-hydrogen) atoms. The van der Waals surface area contributed by atoms with Crippen molar-refractivity contribution < 1.29 is 13.4 Å². The summed E-state index contributed by atoms with van der Waals surface area (Å²) in [6.07, 6.45) is 0. The number of sulfone groups is 1. The largest absolute Gasteiger partial charge is 0.450 e. The van der Waals surface area contributed by atoms with Gasteiger partial charge in [-0.3, -0.25) is 0 Å². The van der Waals surface area contributed by atoms with Gasteiger partial charge in [-0.2, -0.15) is 0 Å². The molecule has 0 unspecified atom stereocenters. The normalized spacial score (nSPS) is 13.4. The number of rotatable bonds is 5. The number of hydrogen-bond acceptors (Lipinski definition) is 3. The second kappa shape index (κ2) is 5.50. The molecule has 0 aliphatic carbocycles. The van der Waals surface area contributed by atoms with Crippen LogP contribution in [0.25, 0.3) is 0 Å². The van der Waals surface area contributed by atoms with Crippen LogP contribution < -0.4 is 0 Å². The number of benzene rings is 1. The first-order chi connectivity index (χ1) is 7.41. The van der Waals surface area contributed by atoms with E-state index in [1.165, 1.54) is 0 Å². The molecule has 0 bridgehead atoms. The van der Waals surface area contributed by atoms with Crippen molar-refractivity contribution in [2.75, 3.05) is 5.75 Å². The maximum atomic E-state index is 11.8. The molecule has 3 nitrogen and oxygen atoms in total. The van der Waals surface area contributed by atoms with Gasteiger partial charge in [0.15, 0.2) is 9.84 Å². The maximum Gasteiger partial charge on any atom is 0.289 e. The Hall–Kier alpha value is -0.805. The molecule has 0 saturated heterocycles. The van der Waals surface area contributed by atoms with Crippen LogP contribution in [0.15, 0.2) is 30.3 Å². The van der Waals surface area contributed by atoms with E-state index < -0.39 is 16.8 Å². The van der Waals surface area contributed by atoms with E-state index in [0.29, 0.717) is 0 Å². The highest BCUT2D eigenvalue weighted by molar-refractivity contribution is 7.90. The summed E-state index contributed by atoms with van der Waals surface area (Å²) in [6, 6.07) is 9.09. The van der Waals surface area contributed by atoms with Crippen LogP contribution in [0.4, 0.5) is 0 Å². The smallest absolute Gasteiger partial charge is 0.289 e.